The molecule has 0 aliphatic carbocycles. The summed E-state index contributed by atoms with van der Waals surface area (Å²) in [5, 5.41) is 0. The van der Waals surface area contributed by atoms with E-state index in [4.69, 9.17) is 9.97 Å². The van der Waals surface area contributed by atoms with Gasteiger partial charge in [-0.15, -0.1) is 0 Å². The summed E-state index contributed by atoms with van der Waals surface area (Å²) >= 11 is 4.69. The first-order valence-electron chi connectivity index (χ1n) is 11.6. The molecule has 164 valence electrons. The van der Waals surface area contributed by atoms with Gasteiger partial charge in [0.15, 0.2) is 0 Å². The Labute approximate surface area is 215 Å². The molecule has 1 aromatic heterocycles. The summed E-state index contributed by atoms with van der Waals surface area (Å²) in [4.78, 5) is 9.86. The Hall–Kier alpha value is -1.02. The molecule has 0 N–H and O–H groups in total. The minimum Gasteiger partial charge on any atom is -0.233 e. The van der Waals surface area contributed by atoms with Gasteiger partial charge in [0.05, 0.1) is 11.4 Å². The second-order valence-electron chi connectivity index (χ2n) is 8.15. The van der Waals surface area contributed by atoms with Gasteiger partial charge in [0.1, 0.15) is 5.82 Å². The van der Waals surface area contributed by atoms with Crippen molar-refractivity contribution < 1.29 is 0 Å². The van der Waals surface area contributed by atoms with E-state index in [-0.39, 0.29) is 0 Å². The number of rotatable bonds is 12. The van der Waals surface area contributed by atoms with Crippen molar-refractivity contribution in [2.24, 2.45) is 0 Å². The van der Waals surface area contributed by atoms with Gasteiger partial charge in [-0.05, 0) is 81.9 Å². The zero-order valence-electron chi connectivity index (χ0n) is 18.4. The minimum atomic E-state index is 0.950. The van der Waals surface area contributed by atoms with Gasteiger partial charge >= 0.3 is 0 Å². The molecule has 0 amide bonds. The fourth-order valence-electron chi connectivity index (χ4n) is 3.74. The van der Waals surface area contributed by atoms with Crippen LogP contribution in [-0.4, -0.2) is 9.97 Å². The average molecular weight is 638 g/mol. The predicted molar refractivity (Wildman–Crippen MR) is 149 cm³/mol. The summed E-state index contributed by atoms with van der Waals surface area (Å²) in [5.74, 6) is 0.965. The van der Waals surface area contributed by atoms with E-state index >= 15 is 0 Å². The molecule has 0 fully saturated rings. The standard InChI is InChI=1S/C27H32I2N2/c1-2-3-4-5-6-7-8-9-10-11-27-30-25(21-12-16-23(28)17-13-21)20-26(31-27)22-14-18-24(29)19-15-22/h12-20H,2-11H2,1H3. The van der Waals surface area contributed by atoms with E-state index in [2.05, 4.69) is 107 Å². The fraction of sp³-hybridized carbons (Fsp3) is 0.407. The van der Waals surface area contributed by atoms with Crippen molar-refractivity contribution in [1.29, 1.82) is 0 Å². The second-order valence-corrected chi connectivity index (χ2v) is 10.6. The Balaban J connectivity index is 1.66. The van der Waals surface area contributed by atoms with Crippen molar-refractivity contribution in [2.75, 3.05) is 0 Å². The molecule has 0 saturated carbocycles. The number of unbranched alkanes of at least 4 members (excludes halogenated alkanes) is 8. The van der Waals surface area contributed by atoms with Gasteiger partial charge in [-0.25, -0.2) is 9.97 Å². The number of aryl methyl sites for hydroxylation is 1. The van der Waals surface area contributed by atoms with Gasteiger partial charge in [0.25, 0.3) is 0 Å². The minimum absolute atomic E-state index is 0.950. The molecule has 2 aromatic carbocycles. The van der Waals surface area contributed by atoms with Gasteiger partial charge < -0.3 is 0 Å². The summed E-state index contributed by atoms with van der Waals surface area (Å²) in [6.07, 6.45) is 13.0. The van der Waals surface area contributed by atoms with Crippen LogP contribution in [0.1, 0.15) is 70.5 Å². The molecule has 2 nitrogen and oxygen atoms in total. The third-order valence-electron chi connectivity index (χ3n) is 5.56. The number of aromatic nitrogens is 2. The lowest BCUT2D eigenvalue weighted by molar-refractivity contribution is 0.562. The van der Waals surface area contributed by atoms with Crippen molar-refractivity contribution in [1.82, 2.24) is 9.97 Å². The molecule has 3 rings (SSSR count). The Morgan fingerprint density at radius 2 is 1.00 bits per heavy atom. The summed E-state index contributed by atoms with van der Waals surface area (Å²) < 4.78 is 2.48. The zero-order valence-corrected chi connectivity index (χ0v) is 22.7. The zero-order chi connectivity index (χ0) is 21.9. The van der Waals surface area contributed by atoms with Crippen LogP contribution < -0.4 is 0 Å². The molecule has 1 heterocycles. The van der Waals surface area contributed by atoms with E-state index < -0.39 is 0 Å². The molecule has 0 aliphatic heterocycles. The topological polar surface area (TPSA) is 25.8 Å². The van der Waals surface area contributed by atoms with Crippen molar-refractivity contribution >= 4 is 45.2 Å². The summed E-state index contributed by atoms with van der Waals surface area (Å²) in [6.45, 7) is 2.28. The van der Waals surface area contributed by atoms with Crippen molar-refractivity contribution in [2.45, 2.75) is 71.1 Å². The third-order valence-corrected chi connectivity index (χ3v) is 6.99. The van der Waals surface area contributed by atoms with E-state index in [0.29, 0.717) is 0 Å². The first kappa shape index (κ1) is 24.6. The van der Waals surface area contributed by atoms with Crippen molar-refractivity contribution in [3.63, 3.8) is 0 Å². The van der Waals surface area contributed by atoms with Crippen LogP contribution in [0.25, 0.3) is 22.5 Å². The molecule has 3 aromatic rings. The van der Waals surface area contributed by atoms with Crippen LogP contribution in [0.15, 0.2) is 54.6 Å². The van der Waals surface area contributed by atoms with Crippen LogP contribution in [0, 0.1) is 7.14 Å². The van der Waals surface area contributed by atoms with E-state index in [9.17, 15) is 0 Å². The maximum absolute atomic E-state index is 4.93. The first-order chi connectivity index (χ1) is 15.2. The van der Waals surface area contributed by atoms with Crippen LogP contribution in [0.3, 0.4) is 0 Å². The molecule has 31 heavy (non-hydrogen) atoms. The molecule has 0 unspecified atom stereocenters. The summed E-state index contributed by atoms with van der Waals surface area (Å²) in [6, 6.07) is 19.3. The highest BCUT2D eigenvalue weighted by Gasteiger charge is 2.09. The van der Waals surface area contributed by atoms with Crippen molar-refractivity contribution in [3.05, 3.63) is 67.6 Å². The maximum Gasteiger partial charge on any atom is 0.129 e. The number of nitrogens with zero attached hydrogens (tertiary/aromatic N) is 2. The van der Waals surface area contributed by atoms with Gasteiger partial charge in [0, 0.05) is 24.7 Å². The molecule has 0 bridgehead atoms. The number of hydrogen-bond donors (Lipinski definition) is 0. The van der Waals surface area contributed by atoms with Crippen LogP contribution in [0.5, 0.6) is 0 Å². The molecule has 0 aliphatic rings. The molecule has 4 heteroatoms. The smallest absolute Gasteiger partial charge is 0.129 e. The molecule has 0 saturated heterocycles. The van der Waals surface area contributed by atoms with Crippen LogP contribution in [0.2, 0.25) is 0 Å². The highest BCUT2D eigenvalue weighted by molar-refractivity contribution is 14.1. The normalized spacial score (nSPS) is 11.1. The highest BCUT2D eigenvalue weighted by atomic mass is 127. The molecular formula is C27H32I2N2. The molecule has 0 spiro atoms. The Kier molecular flexibility index (Phi) is 10.7. The Morgan fingerprint density at radius 1 is 0.581 bits per heavy atom. The van der Waals surface area contributed by atoms with Gasteiger partial charge in [0.2, 0.25) is 0 Å². The monoisotopic (exact) mass is 638 g/mol. The second kappa shape index (κ2) is 13.5. The molecule has 0 radical (unpaired) electrons. The van der Waals surface area contributed by atoms with Crippen LogP contribution >= 0.6 is 45.2 Å². The number of hydrogen-bond acceptors (Lipinski definition) is 2. The van der Waals surface area contributed by atoms with Crippen LogP contribution in [-0.2, 0) is 6.42 Å². The lowest BCUT2D eigenvalue weighted by Crippen LogP contribution is -2.00. The highest BCUT2D eigenvalue weighted by Crippen LogP contribution is 2.25. The lowest BCUT2D eigenvalue weighted by Gasteiger charge is -2.09. The number of benzene rings is 2. The SMILES string of the molecule is CCCCCCCCCCCc1nc(-c2ccc(I)cc2)cc(-c2ccc(I)cc2)n1. The van der Waals surface area contributed by atoms with E-state index in [1.807, 2.05) is 0 Å². The number of halogens is 2. The Bertz CT molecular complexity index is 857. The van der Waals surface area contributed by atoms with E-state index in [1.165, 1.54) is 58.5 Å². The average Bonchev–Trinajstić information content (AvgIpc) is 2.79. The van der Waals surface area contributed by atoms with Gasteiger partial charge in [-0.2, -0.15) is 0 Å². The first-order valence-corrected chi connectivity index (χ1v) is 13.7. The van der Waals surface area contributed by atoms with Crippen LogP contribution in [0.4, 0.5) is 0 Å². The van der Waals surface area contributed by atoms with E-state index in [1.54, 1.807) is 0 Å². The third kappa shape index (κ3) is 8.44. The van der Waals surface area contributed by atoms with Gasteiger partial charge in [-0.3, -0.25) is 0 Å². The van der Waals surface area contributed by atoms with Gasteiger partial charge in [-0.1, -0.05) is 82.6 Å². The van der Waals surface area contributed by atoms with Crippen molar-refractivity contribution in [3.8, 4) is 22.5 Å². The largest absolute Gasteiger partial charge is 0.233 e. The summed E-state index contributed by atoms with van der Waals surface area (Å²) in [7, 11) is 0. The lowest BCUT2D eigenvalue weighted by atomic mass is 10.1. The predicted octanol–water partition coefficient (Wildman–Crippen LogP) is 9.09. The molecule has 0 atom stereocenters. The quantitative estimate of drug-likeness (QED) is 0.146. The molecular weight excluding hydrogens is 606 g/mol. The summed E-state index contributed by atoms with van der Waals surface area (Å²) in [5.41, 5.74) is 4.35. The fourth-order valence-corrected chi connectivity index (χ4v) is 4.46. The van der Waals surface area contributed by atoms with E-state index in [0.717, 1.165) is 41.2 Å². The Morgan fingerprint density at radius 3 is 1.45 bits per heavy atom. The maximum atomic E-state index is 4.93.